The summed E-state index contributed by atoms with van der Waals surface area (Å²) in [5.41, 5.74) is 0.848. The Bertz CT molecular complexity index is 289. The second-order valence-corrected chi connectivity index (χ2v) is 4.06. The van der Waals surface area contributed by atoms with Gasteiger partial charge in [0, 0.05) is 6.42 Å². The summed E-state index contributed by atoms with van der Waals surface area (Å²) in [6.45, 7) is 0.432. The van der Waals surface area contributed by atoms with E-state index in [1.54, 1.807) is 6.42 Å². The number of alkyl halides is 2. The van der Waals surface area contributed by atoms with Crippen molar-refractivity contribution in [1.29, 1.82) is 0 Å². The summed E-state index contributed by atoms with van der Waals surface area (Å²) in [5.74, 6) is 0. The Morgan fingerprint density at radius 3 is 2.46 bits per heavy atom. The molecule has 1 aromatic carbocycles. The van der Waals surface area contributed by atoms with Gasteiger partial charge in [-0.2, -0.15) is 0 Å². The van der Waals surface area contributed by atoms with E-state index in [4.69, 9.17) is 28.0 Å². The molecule has 1 saturated heterocycles. The van der Waals surface area contributed by atoms with E-state index in [0.717, 1.165) is 5.69 Å². The highest BCUT2D eigenvalue weighted by Crippen LogP contribution is 2.38. The highest BCUT2D eigenvalue weighted by atomic mass is 35.5. The first kappa shape index (κ1) is 9.13. The summed E-state index contributed by atoms with van der Waals surface area (Å²) in [6, 6.07) is 9.51. The number of hydroxylamine groups is 1. The van der Waals surface area contributed by atoms with Crippen molar-refractivity contribution >= 4 is 28.9 Å². The van der Waals surface area contributed by atoms with E-state index in [9.17, 15) is 0 Å². The smallest absolute Gasteiger partial charge is 0.219 e. The molecule has 1 aliphatic heterocycles. The number of halogens is 2. The minimum Gasteiger partial charge on any atom is -0.270 e. The molecule has 2 rings (SSSR count). The third-order valence-electron chi connectivity index (χ3n) is 1.79. The van der Waals surface area contributed by atoms with Crippen molar-refractivity contribution < 1.29 is 4.84 Å². The first-order chi connectivity index (χ1) is 6.20. The monoisotopic (exact) mass is 216 g/mol. The molecule has 13 heavy (non-hydrogen) atoms. The molecule has 0 atom stereocenters. The minimum atomic E-state index is -1.05. The van der Waals surface area contributed by atoms with Crippen molar-refractivity contribution in [1.82, 2.24) is 0 Å². The lowest BCUT2D eigenvalue weighted by atomic mass is 10.3. The number of nitrogens with zero attached hydrogens (tertiary/aromatic N) is 1. The topological polar surface area (TPSA) is 12.5 Å². The van der Waals surface area contributed by atoms with Crippen LogP contribution in [0.3, 0.4) is 0 Å². The molecule has 0 amide bonds. The van der Waals surface area contributed by atoms with E-state index in [1.165, 1.54) is 5.06 Å². The molecule has 0 spiro atoms. The van der Waals surface area contributed by atoms with E-state index in [-0.39, 0.29) is 0 Å². The van der Waals surface area contributed by atoms with Crippen LogP contribution in [0.1, 0.15) is 0 Å². The predicted octanol–water partition coefficient (Wildman–Crippen LogP) is 2.77. The molecule has 0 unspecified atom stereocenters. The first-order valence-electron chi connectivity index (χ1n) is 3.90. The largest absolute Gasteiger partial charge is 0.270 e. The van der Waals surface area contributed by atoms with E-state index in [2.05, 4.69) is 0 Å². The second kappa shape index (κ2) is 3.37. The van der Waals surface area contributed by atoms with Crippen molar-refractivity contribution in [2.75, 3.05) is 11.7 Å². The number of benzene rings is 1. The Kier molecular flexibility index (Phi) is 2.37. The molecule has 1 heterocycles. The van der Waals surface area contributed by atoms with Crippen molar-refractivity contribution in [3.8, 4) is 0 Å². The Labute approximate surface area is 87.0 Å². The van der Waals surface area contributed by atoms with Gasteiger partial charge in [-0.3, -0.25) is 4.84 Å². The van der Waals surface area contributed by atoms with Crippen LogP contribution in [0.2, 0.25) is 0 Å². The number of rotatable bonds is 1. The highest BCUT2D eigenvalue weighted by Gasteiger charge is 2.39. The van der Waals surface area contributed by atoms with E-state index in [0.29, 0.717) is 6.61 Å². The summed E-state index contributed by atoms with van der Waals surface area (Å²) in [4.78, 5) is 5.27. The molecule has 1 aliphatic rings. The van der Waals surface area contributed by atoms with Gasteiger partial charge in [-0.1, -0.05) is 41.4 Å². The molecule has 1 fully saturated rings. The van der Waals surface area contributed by atoms with Crippen molar-refractivity contribution in [3.05, 3.63) is 36.8 Å². The van der Waals surface area contributed by atoms with Crippen LogP contribution in [0.15, 0.2) is 30.3 Å². The normalized spacial score (nSPS) is 20.6. The summed E-state index contributed by atoms with van der Waals surface area (Å²) in [6.07, 6.45) is 1.70. The van der Waals surface area contributed by atoms with Gasteiger partial charge in [0.15, 0.2) is 0 Å². The lowest BCUT2D eigenvalue weighted by molar-refractivity contribution is 0.166. The molecule has 0 saturated carbocycles. The van der Waals surface area contributed by atoms with E-state index < -0.39 is 4.46 Å². The molecule has 0 N–H and O–H groups in total. The molecule has 2 nitrogen and oxygen atoms in total. The van der Waals surface area contributed by atoms with Gasteiger partial charge in [0.1, 0.15) is 0 Å². The molecule has 0 bridgehead atoms. The highest BCUT2D eigenvalue weighted by molar-refractivity contribution is 6.50. The maximum Gasteiger partial charge on any atom is 0.219 e. The minimum absolute atomic E-state index is 0.432. The maximum absolute atomic E-state index is 5.98. The molecular weight excluding hydrogens is 209 g/mol. The van der Waals surface area contributed by atoms with Gasteiger partial charge < -0.3 is 0 Å². The fraction of sp³-hybridized carbons (Fsp3) is 0.222. The Morgan fingerprint density at radius 2 is 1.92 bits per heavy atom. The van der Waals surface area contributed by atoms with Crippen LogP contribution in [-0.4, -0.2) is 11.1 Å². The fourth-order valence-electron chi connectivity index (χ4n) is 1.19. The van der Waals surface area contributed by atoms with Crippen LogP contribution in [0.5, 0.6) is 0 Å². The number of anilines is 1. The van der Waals surface area contributed by atoms with E-state index in [1.807, 2.05) is 30.3 Å². The van der Waals surface area contributed by atoms with Crippen LogP contribution < -0.4 is 5.06 Å². The predicted molar refractivity (Wildman–Crippen MR) is 53.6 cm³/mol. The van der Waals surface area contributed by atoms with Crippen LogP contribution in [0.4, 0.5) is 5.69 Å². The average molecular weight is 217 g/mol. The standard InChI is InChI=1S/C9H8Cl2NO/c10-9(11)6-7-13-12(9)8-4-2-1-3-5-8/h1-6H,7H2. The lowest BCUT2D eigenvalue weighted by Gasteiger charge is -2.25. The van der Waals surface area contributed by atoms with Crippen molar-refractivity contribution in [2.45, 2.75) is 4.46 Å². The molecule has 0 aromatic heterocycles. The molecular formula is C9H8Cl2NO. The summed E-state index contributed by atoms with van der Waals surface area (Å²) in [7, 11) is 0. The maximum atomic E-state index is 5.98. The number of hydrogen-bond donors (Lipinski definition) is 0. The number of para-hydroxylation sites is 1. The molecule has 1 aromatic rings. The van der Waals surface area contributed by atoms with Crippen LogP contribution >= 0.6 is 23.2 Å². The molecule has 1 radical (unpaired) electrons. The third kappa shape index (κ3) is 1.75. The quantitative estimate of drug-likeness (QED) is 0.529. The van der Waals surface area contributed by atoms with Crippen molar-refractivity contribution in [2.24, 2.45) is 0 Å². The zero-order valence-corrected chi connectivity index (χ0v) is 8.29. The Morgan fingerprint density at radius 1 is 1.23 bits per heavy atom. The first-order valence-corrected chi connectivity index (χ1v) is 4.66. The molecule has 0 aliphatic carbocycles. The second-order valence-electron chi connectivity index (χ2n) is 2.72. The summed E-state index contributed by atoms with van der Waals surface area (Å²) in [5, 5.41) is 1.48. The SMILES string of the molecule is ClC1(Cl)[CH]CON1c1ccccc1. The number of hydrogen-bond acceptors (Lipinski definition) is 2. The third-order valence-corrected chi connectivity index (χ3v) is 2.41. The van der Waals surface area contributed by atoms with Gasteiger partial charge in [-0.05, 0) is 12.1 Å². The lowest BCUT2D eigenvalue weighted by Crippen LogP contribution is -2.32. The van der Waals surface area contributed by atoms with Gasteiger partial charge >= 0.3 is 0 Å². The molecule has 4 heteroatoms. The average Bonchev–Trinajstić information content (AvgIpc) is 2.47. The summed E-state index contributed by atoms with van der Waals surface area (Å²) < 4.78 is -1.05. The van der Waals surface area contributed by atoms with Gasteiger partial charge in [0.25, 0.3) is 0 Å². The molecule has 69 valence electrons. The zero-order chi connectivity index (χ0) is 9.31. The van der Waals surface area contributed by atoms with Crippen molar-refractivity contribution in [3.63, 3.8) is 0 Å². The van der Waals surface area contributed by atoms with E-state index >= 15 is 0 Å². The van der Waals surface area contributed by atoms with Crippen LogP contribution in [0, 0.1) is 6.42 Å². The summed E-state index contributed by atoms with van der Waals surface area (Å²) >= 11 is 12.0. The Hall–Kier alpha value is -0.440. The fourth-order valence-corrected chi connectivity index (χ4v) is 1.61. The Balaban J connectivity index is 2.27. The van der Waals surface area contributed by atoms with Gasteiger partial charge in [0.2, 0.25) is 4.46 Å². The van der Waals surface area contributed by atoms with Crippen LogP contribution in [0.25, 0.3) is 0 Å². The van der Waals surface area contributed by atoms with Gasteiger partial charge in [0.05, 0.1) is 12.3 Å². The van der Waals surface area contributed by atoms with Crippen LogP contribution in [-0.2, 0) is 4.84 Å². The van der Waals surface area contributed by atoms with Gasteiger partial charge in [-0.25, -0.2) is 5.06 Å². The zero-order valence-electron chi connectivity index (χ0n) is 6.78. The van der Waals surface area contributed by atoms with Gasteiger partial charge in [-0.15, -0.1) is 0 Å².